The Morgan fingerprint density at radius 3 is 2.06 bits per heavy atom. The molecule has 222 valence electrons. The summed E-state index contributed by atoms with van der Waals surface area (Å²) < 4.78 is 4.84. The van der Waals surface area contributed by atoms with Gasteiger partial charge >= 0.3 is 0 Å². The second-order valence-electron chi connectivity index (χ2n) is 13.1. The Bertz CT molecular complexity index is 2710. The van der Waals surface area contributed by atoms with Gasteiger partial charge in [0.15, 0.2) is 0 Å². The van der Waals surface area contributed by atoms with Crippen LogP contribution in [0.2, 0.25) is 0 Å². The molecule has 3 aromatic heterocycles. The lowest BCUT2D eigenvalue weighted by Crippen LogP contribution is -2.15. The molecule has 9 aromatic rings. The molecule has 0 unspecified atom stereocenters. The fourth-order valence-corrected chi connectivity index (χ4v) is 8.85. The highest BCUT2D eigenvalue weighted by molar-refractivity contribution is 7.25. The van der Waals surface area contributed by atoms with Gasteiger partial charge in [-0.1, -0.05) is 105 Å². The van der Waals surface area contributed by atoms with Gasteiger partial charge in [-0.25, -0.2) is 9.97 Å². The van der Waals surface area contributed by atoms with Gasteiger partial charge in [0.05, 0.1) is 16.7 Å². The van der Waals surface area contributed by atoms with Crippen LogP contribution in [-0.4, -0.2) is 14.5 Å². The van der Waals surface area contributed by atoms with Gasteiger partial charge in [0.2, 0.25) is 5.95 Å². The molecule has 0 saturated heterocycles. The first-order valence-corrected chi connectivity index (χ1v) is 16.9. The van der Waals surface area contributed by atoms with Crippen molar-refractivity contribution >= 4 is 53.3 Å². The Morgan fingerprint density at radius 1 is 0.532 bits per heavy atom. The average molecular weight is 620 g/mol. The SMILES string of the molecule is CC1(C)c2cc(-c3ccccc3)ccc2-c2ccc(-c3ccnc(-n4c5ccccc5c5cc6sc7ccccc7c6cc54)n3)cc21. The monoisotopic (exact) mass is 619 g/mol. The van der Waals surface area contributed by atoms with E-state index in [-0.39, 0.29) is 5.41 Å². The maximum Gasteiger partial charge on any atom is 0.235 e. The van der Waals surface area contributed by atoms with Crippen LogP contribution >= 0.6 is 11.3 Å². The predicted octanol–water partition coefficient (Wildman–Crippen LogP) is 11.6. The third-order valence-corrected chi connectivity index (χ3v) is 11.2. The van der Waals surface area contributed by atoms with Crippen LogP contribution in [0.15, 0.2) is 140 Å². The molecule has 0 N–H and O–H groups in total. The molecule has 3 heterocycles. The van der Waals surface area contributed by atoms with Crippen LogP contribution in [0.4, 0.5) is 0 Å². The summed E-state index contributed by atoms with van der Waals surface area (Å²) in [5.41, 5.74) is 11.9. The molecule has 0 atom stereocenters. The van der Waals surface area contributed by atoms with Crippen molar-refractivity contribution in [2.24, 2.45) is 0 Å². The number of hydrogen-bond donors (Lipinski definition) is 0. The molecule has 6 aromatic carbocycles. The van der Waals surface area contributed by atoms with Crippen molar-refractivity contribution in [3.05, 3.63) is 151 Å². The van der Waals surface area contributed by atoms with E-state index in [1.165, 1.54) is 64.3 Å². The zero-order valence-corrected chi connectivity index (χ0v) is 26.8. The summed E-state index contributed by atoms with van der Waals surface area (Å²) >= 11 is 1.85. The maximum absolute atomic E-state index is 5.25. The minimum absolute atomic E-state index is 0.136. The number of benzene rings is 6. The number of fused-ring (bicyclic) bond motifs is 9. The van der Waals surface area contributed by atoms with E-state index in [0.717, 1.165) is 22.3 Å². The third kappa shape index (κ3) is 3.85. The van der Waals surface area contributed by atoms with Crippen LogP contribution in [-0.2, 0) is 5.41 Å². The molecule has 3 nitrogen and oxygen atoms in total. The van der Waals surface area contributed by atoms with Gasteiger partial charge in [0, 0.05) is 48.1 Å². The zero-order valence-electron chi connectivity index (χ0n) is 26.0. The molecular weight excluding hydrogens is 591 g/mol. The summed E-state index contributed by atoms with van der Waals surface area (Å²) in [6.45, 7) is 4.68. The Kier molecular flexibility index (Phi) is 5.50. The van der Waals surface area contributed by atoms with Crippen molar-refractivity contribution in [3.8, 4) is 39.5 Å². The standard InChI is InChI=1S/C43H29N3S/c1-43(2)35-22-27(26-10-4-3-5-11-26)16-18-29(35)30-19-17-28(23-36(30)43)37-20-21-44-42(45-37)46-38-14-8-6-12-31(38)33-25-41-34(24-39(33)46)32-13-7-9-15-40(32)47-41/h3-25H,1-2H3. The average Bonchev–Trinajstić information content (AvgIpc) is 3.72. The molecule has 0 fully saturated rings. The Morgan fingerprint density at radius 2 is 1.23 bits per heavy atom. The Hall–Kier alpha value is -5.58. The minimum atomic E-state index is -0.136. The summed E-state index contributed by atoms with van der Waals surface area (Å²) in [6.07, 6.45) is 1.90. The number of para-hydroxylation sites is 1. The maximum atomic E-state index is 5.25. The van der Waals surface area contributed by atoms with Gasteiger partial charge in [-0.2, -0.15) is 0 Å². The lowest BCUT2D eigenvalue weighted by molar-refractivity contribution is 0.661. The van der Waals surface area contributed by atoms with Crippen molar-refractivity contribution in [2.75, 3.05) is 0 Å². The minimum Gasteiger partial charge on any atom is -0.278 e. The fourth-order valence-electron chi connectivity index (χ4n) is 7.73. The Labute approximate surface area is 276 Å². The van der Waals surface area contributed by atoms with E-state index in [4.69, 9.17) is 9.97 Å². The first-order valence-electron chi connectivity index (χ1n) is 16.1. The number of hydrogen-bond acceptors (Lipinski definition) is 3. The van der Waals surface area contributed by atoms with Gasteiger partial charge in [0.25, 0.3) is 0 Å². The normalized spacial score (nSPS) is 13.5. The van der Waals surface area contributed by atoms with E-state index in [9.17, 15) is 0 Å². The first kappa shape index (κ1) is 26.6. The Balaban J connectivity index is 1.12. The zero-order chi connectivity index (χ0) is 31.3. The highest BCUT2D eigenvalue weighted by atomic mass is 32.1. The van der Waals surface area contributed by atoms with Crippen LogP contribution in [0.5, 0.6) is 0 Å². The fraction of sp³-hybridized carbons (Fsp3) is 0.0698. The smallest absolute Gasteiger partial charge is 0.235 e. The van der Waals surface area contributed by atoms with Crippen LogP contribution in [0.1, 0.15) is 25.0 Å². The number of thiophene rings is 1. The second kappa shape index (κ2) is 9.71. The summed E-state index contributed by atoms with van der Waals surface area (Å²) in [6, 6.07) is 48.4. The van der Waals surface area contributed by atoms with Gasteiger partial charge in [0.1, 0.15) is 0 Å². The molecule has 0 aliphatic heterocycles. The highest BCUT2D eigenvalue weighted by Gasteiger charge is 2.36. The summed E-state index contributed by atoms with van der Waals surface area (Å²) in [7, 11) is 0. The molecule has 1 aliphatic rings. The molecule has 0 saturated carbocycles. The van der Waals surface area contributed by atoms with Crippen LogP contribution in [0.3, 0.4) is 0 Å². The predicted molar refractivity (Wildman–Crippen MR) is 198 cm³/mol. The second-order valence-corrected chi connectivity index (χ2v) is 14.2. The lowest BCUT2D eigenvalue weighted by Gasteiger charge is -2.22. The van der Waals surface area contributed by atoms with E-state index in [2.05, 4.69) is 146 Å². The van der Waals surface area contributed by atoms with Crippen LogP contribution in [0, 0.1) is 0 Å². The van der Waals surface area contributed by atoms with Crippen molar-refractivity contribution < 1.29 is 0 Å². The van der Waals surface area contributed by atoms with Gasteiger partial charge in [-0.15, -0.1) is 11.3 Å². The number of aromatic nitrogens is 3. The van der Waals surface area contributed by atoms with E-state index < -0.39 is 0 Å². The summed E-state index contributed by atoms with van der Waals surface area (Å²) in [5.74, 6) is 0.683. The van der Waals surface area contributed by atoms with Crippen LogP contribution in [0.25, 0.3) is 81.4 Å². The molecule has 10 rings (SSSR count). The molecule has 0 radical (unpaired) electrons. The molecule has 0 spiro atoms. The molecule has 1 aliphatic carbocycles. The van der Waals surface area contributed by atoms with Crippen molar-refractivity contribution in [2.45, 2.75) is 19.3 Å². The number of rotatable bonds is 3. The molecule has 0 amide bonds. The van der Waals surface area contributed by atoms with Crippen molar-refractivity contribution in [1.29, 1.82) is 0 Å². The lowest BCUT2D eigenvalue weighted by atomic mass is 9.81. The number of nitrogens with zero attached hydrogens (tertiary/aromatic N) is 3. The topological polar surface area (TPSA) is 30.7 Å². The third-order valence-electron chi connectivity index (χ3n) is 10.1. The van der Waals surface area contributed by atoms with Gasteiger partial charge in [-0.05, 0) is 75.8 Å². The van der Waals surface area contributed by atoms with Gasteiger partial charge < -0.3 is 0 Å². The van der Waals surface area contributed by atoms with E-state index in [1.807, 2.05) is 23.6 Å². The van der Waals surface area contributed by atoms with E-state index in [0.29, 0.717) is 5.95 Å². The summed E-state index contributed by atoms with van der Waals surface area (Å²) in [4.78, 5) is 10.1. The van der Waals surface area contributed by atoms with Crippen molar-refractivity contribution in [1.82, 2.24) is 14.5 Å². The van der Waals surface area contributed by atoms with Crippen LogP contribution < -0.4 is 0 Å². The highest BCUT2D eigenvalue weighted by Crippen LogP contribution is 2.50. The molecule has 47 heavy (non-hydrogen) atoms. The molecule has 0 bridgehead atoms. The summed E-state index contributed by atoms with van der Waals surface area (Å²) in [5, 5.41) is 5.00. The molecule has 4 heteroatoms. The molecular formula is C43H29N3S. The van der Waals surface area contributed by atoms with E-state index in [1.54, 1.807) is 0 Å². The largest absolute Gasteiger partial charge is 0.278 e. The van der Waals surface area contributed by atoms with Gasteiger partial charge in [-0.3, -0.25) is 4.57 Å². The first-order chi connectivity index (χ1) is 23.0. The van der Waals surface area contributed by atoms with Crippen molar-refractivity contribution in [3.63, 3.8) is 0 Å². The quantitative estimate of drug-likeness (QED) is 0.197. The van der Waals surface area contributed by atoms with E-state index >= 15 is 0 Å².